The summed E-state index contributed by atoms with van der Waals surface area (Å²) in [6.07, 6.45) is 2.59. The molecule has 1 aliphatic carbocycles. The second-order valence-electron chi connectivity index (χ2n) is 5.52. The highest BCUT2D eigenvalue weighted by Gasteiger charge is 2.33. The van der Waals surface area contributed by atoms with E-state index in [2.05, 4.69) is 5.10 Å². The summed E-state index contributed by atoms with van der Waals surface area (Å²) in [6, 6.07) is 1.93. The van der Waals surface area contributed by atoms with E-state index in [0.29, 0.717) is 12.5 Å². The minimum absolute atomic E-state index is 0.0612. The van der Waals surface area contributed by atoms with Gasteiger partial charge in [0.25, 0.3) is 0 Å². The molecule has 0 radical (unpaired) electrons. The predicted molar refractivity (Wildman–Crippen MR) is 67.4 cm³/mol. The van der Waals surface area contributed by atoms with E-state index in [4.69, 9.17) is 5.11 Å². The molecule has 6 heteroatoms. The molecule has 0 aromatic carbocycles. The van der Waals surface area contributed by atoms with Gasteiger partial charge in [0.2, 0.25) is 0 Å². The Labute approximate surface area is 111 Å². The molecule has 3 rings (SSSR count). The van der Waals surface area contributed by atoms with Crippen molar-refractivity contribution in [1.82, 2.24) is 14.7 Å². The lowest BCUT2D eigenvalue weighted by Crippen LogP contribution is -2.29. The molecular formula is C13H19N3O3. The number of rotatable bonds is 4. The van der Waals surface area contributed by atoms with Crippen LogP contribution < -0.4 is 0 Å². The molecule has 6 nitrogen and oxygen atoms in total. The van der Waals surface area contributed by atoms with Crippen LogP contribution in [0.15, 0.2) is 6.07 Å². The SMILES string of the molecule is O=C(O)CN1CCCn2nc(C(O)C3CC3)cc2C1. The summed E-state index contributed by atoms with van der Waals surface area (Å²) in [4.78, 5) is 12.7. The third kappa shape index (κ3) is 2.79. The van der Waals surface area contributed by atoms with E-state index < -0.39 is 12.1 Å². The van der Waals surface area contributed by atoms with E-state index >= 15 is 0 Å². The van der Waals surface area contributed by atoms with E-state index in [1.54, 1.807) is 0 Å². The Hall–Kier alpha value is -1.40. The van der Waals surface area contributed by atoms with Crippen LogP contribution in [0, 0.1) is 5.92 Å². The summed E-state index contributed by atoms with van der Waals surface area (Å²) in [5.41, 5.74) is 1.75. The number of fused-ring (bicyclic) bond motifs is 1. The lowest BCUT2D eigenvalue weighted by Gasteiger charge is -2.16. The molecule has 1 atom stereocenters. The third-order valence-corrected chi connectivity index (χ3v) is 3.84. The van der Waals surface area contributed by atoms with Gasteiger partial charge in [0.05, 0.1) is 17.9 Å². The quantitative estimate of drug-likeness (QED) is 0.834. The standard InChI is InChI=1S/C13H19N3O3/c17-12(18)8-15-4-1-5-16-10(7-15)6-11(14-16)13(19)9-2-3-9/h6,9,13,19H,1-5,7-8H2,(H,17,18). The number of nitrogens with zero attached hydrogens (tertiary/aromatic N) is 3. The molecule has 1 aromatic rings. The van der Waals surface area contributed by atoms with Crippen molar-refractivity contribution < 1.29 is 15.0 Å². The van der Waals surface area contributed by atoms with Crippen LogP contribution in [0.2, 0.25) is 0 Å². The molecule has 2 aliphatic rings. The van der Waals surface area contributed by atoms with E-state index in [1.807, 2.05) is 15.6 Å². The van der Waals surface area contributed by atoms with Crippen LogP contribution in [0.4, 0.5) is 0 Å². The van der Waals surface area contributed by atoms with Crippen LogP contribution in [0.1, 0.15) is 36.8 Å². The van der Waals surface area contributed by atoms with Gasteiger partial charge in [-0.05, 0) is 31.2 Å². The highest BCUT2D eigenvalue weighted by Crippen LogP contribution is 2.40. The fraction of sp³-hybridized carbons (Fsp3) is 0.692. The summed E-state index contributed by atoms with van der Waals surface area (Å²) in [5, 5.41) is 23.5. The topological polar surface area (TPSA) is 78.6 Å². The molecular weight excluding hydrogens is 246 g/mol. The first-order valence-corrected chi connectivity index (χ1v) is 6.82. The number of aromatic nitrogens is 2. The lowest BCUT2D eigenvalue weighted by molar-refractivity contribution is -0.138. The fourth-order valence-electron chi connectivity index (χ4n) is 2.68. The molecule has 1 fully saturated rings. The van der Waals surface area contributed by atoms with E-state index in [9.17, 15) is 9.90 Å². The number of hydrogen-bond donors (Lipinski definition) is 2. The van der Waals surface area contributed by atoms with Gasteiger partial charge in [-0.3, -0.25) is 14.4 Å². The maximum absolute atomic E-state index is 10.8. The van der Waals surface area contributed by atoms with E-state index in [-0.39, 0.29) is 6.54 Å². The van der Waals surface area contributed by atoms with Crippen LogP contribution in [0.3, 0.4) is 0 Å². The van der Waals surface area contributed by atoms with Gasteiger partial charge in [-0.2, -0.15) is 5.10 Å². The Balaban J connectivity index is 1.76. The molecule has 2 heterocycles. The molecule has 1 aromatic heterocycles. The first-order valence-electron chi connectivity index (χ1n) is 6.82. The number of aliphatic hydroxyl groups is 1. The monoisotopic (exact) mass is 265 g/mol. The number of hydrogen-bond acceptors (Lipinski definition) is 4. The van der Waals surface area contributed by atoms with Crippen molar-refractivity contribution in [2.45, 2.75) is 38.5 Å². The second-order valence-corrected chi connectivity index (χ2v) is 5.52. The highest BCUT2D eigenvalue weighted by molar-refractivity contribution is 5.69. The van der Waals surface area contributed by atoms with Gasteiger partial charge in [0, 0.05) is 19.6 Å². The van der Waals surface area contributed by atoms with Crippen molar-refractivity contribution in [3.63, 3.8) is 0 Å². The van der Waals surface area contributed by atoms with Crippen molar-refractivity contribution in [2.24, 2.45) is 5.92 Å². The summed E-state index contributed by atoms with van der Waals surface area (Å²) < 4.78 is 1.92. The summed E-state index contributed by atoms with van der Waals surface area (Å²) in [7, 11) is 0. The number of carbonyl (C=O) groups is 1. The Morgan fingerprint density at radius 1 is 1.47 bits per heavy atom. The Bertz CT molecular complexity index is 481. The maximum Gasteiger partial charge on any atom is 0.317 e. The van der Waals surface area contributed by atoms with Crippen molar-refractivity contribution >= 4 is 5.97 Å². The molecule has 1 aliphatic heterocycles. The molecule has 2 N–H and O–H groups in total. The van der Waals surface area contributed by atoms with E-state index in [1.165, 1.54) is 0 Å². The Morgan fingerprint density at radius 3 is 2.95 bits per heavy atom. The summed E-state index contributed by atoms with van der Waals surface area (Å²) in [5.74, 6) is -0.430. The van der Waals surface area contributed by atoms with Gasteiger partial charge < -0.3 is 10.2 Å². The molecule has 1 unspecified atom stereocenters. The van der Waals surface area contributed by atoms with E-state index in [0.717, 1.165) is 43.7 Å². The lowest BCUT2D eigenvalue weighted by atomic mass is 10.1. The fourth-order valence-corrected chi connectivity index (χ4v) is 2.68. The minimum Gasteiger partial charge on any atom is -0.480 e. The molecule has 0 spiro atoms. The molecule has 0 amide bonds. The molecule has 0 saturated heterocycles. The largest absolute Gasteiger partial charge is 0.480 e. The summed E-state index contributed by atoms with van der Waals surface area (Å²) in [6.45, 7) is 2.22. The normalized spacial score (nSPS) is 21.7. The van der Waals surface area contributed by atoms with Crippen molar-refractivity contribution in [3.05, 3.63) is 17.5 Å². The van der Waals surface area contributed by atoms with Crippen LogP contribution >= 0.6 is 0 Å². The zero-order valence-corrected chi connectivity index (χ0v) is 10.8. The highest BCUT2D eigenvalue weighted by atomic mass is 16.4. The third-order valence-electron chi connectivity index (χ3n) is 3.84. The van der Waals surface area contributed by atoms with Gasteiger partial charge in [-0.25, -0.2) is 0 Å². The average Bonchev–Trinajstić information content (AvgIpc) is 3.14. The molecule has 19 heavy (non-hydrogen) atoms. The first-order chi connectivity index (χ1) is 9.13. The van der Waals surface area contributed by atoms with Crippen LogP contribution in [-0.4, -0.2) is 44.0 Å². The van der Waals surface area contributed by atoms with Crippen LogP contribution in [0.25, 0.3) is 0 Å². The van der Waals surface area contributed by atoms with Gasteiger partial charge in [0.15, 0.2) is 0 Å². The Morgan fingerprint density at radius 2 is 2.26 bits per heavy atom. The molecule has 0 bridgehead atoms. The van der Waals surface area contributed by atoms with Gasteiger partial charge in [-0.15, -0.1) is 0 Å². The van der Waals surface area contributed by atoms with Crippen LogP contribution in [-0.2, 0) is 17.9 Å². The molecule has 1 saturated carbocycles. The first kappa shape index (κ1) is 12.6. The zero-order valence-electron chi connectivity index (χ0n) is 10.8. The van der Waals surface area contributed by atoms with Crippen LogP contribution in [0.5, 0.6) is 0 Å². The molecule has 104 valence electrons. The van der Waals surface area contributed by atoms with Gasteiger partial charge >= 0.3 is 5.97 Å². The Kier molecular flexibility index (Phi) is 3.28. The smallest absolute Gasteiger partial charge is 0.317 e. The van der Waals surface area contributed by atoms with Crippen molar-refractivity contribution in [1.29, 1.82) is 0 Å². The number of aliphatic carboxylic acids is 1. The summed E-state index contributed by atoms with van der Waals surface area (Å²) >= 11 is 0. The second kappa shape index (κ2) is 4.94. The number of aliphatic hydroxyl groups excluding tert-OH is 1. The number of carboxylic acids is 1. The predicted octanol–water partition coefficient (Wildman–Crippen LogP) is 0.617. The minimum atomic E-state index is -0.800. The van der Waals surface area contributed by atoms with Crippen molar-refractivity contribution in [3.8, 4) is 0 Å². The zero-order chi connectivity index (χ0) is 13.4. The number of aryl methyl sites for hydroxylation is 1. The van der Waals surface area contributed by atoms with Crippen molar-refractivity contribution in [2.75, 3.05) is 13.1 Å². The average molecular weight is 265 g/mol. The van der Waals surface area contributed by atoms with Gasteiger partial charge in [-0.1, -0.05) is 0 Å². The maximum atomic E-state index is 10.8. The van der Waals surface area contributed by atoms with Gasteiger partial charge in [0.1, 0.15) is 6.10 Å². The number of carboxylic acid groups (broad SMARTS) is 1.